The molecule has 0 bridgehead atoms. The summed E-state index contributed by atoms with van der Waals surface area (Å²) in [5.74, 6) is -1.04. The molecule has 1 aromatic rings. The maximum Gasteiger partial charge on any atom is 0.339 e. The second-order valence-electron chi connectivity index (χ2n) is 4.88. The highest BCUT2D eigenvalue weighted by Crippen LogP contribution is 2.27. The van der Waals surface area contributed by atoms with Gasteiger partial charge in [-0.25, -0.2) is 17.9 Å². The van der Waals surface area contributed by atoms with Crippen LogP contribution in [0.2, 0.25) is 0 Å². The molecule has 2 unspecified atom stereocenters. The lowest BCUT2D eigenvalue weighted by atomic mass is 10.1. The van der Waals surface area contributed by atoms with Crippen molar-refractivity contribution >= 4 is 16.0 Å². The van der Waals surface area contributed by atoms with Crippen LogP contribution in [0.25, 0.3) is 0 Å². The summed E-state index contributed by atoms with van der Waals surface area (Å²) in [5, 5.41) is 9.03. The standard InChI is InChI=1S/C14H16N2O4S/c1-20-14(17)11-6-2-3-8-13(11)21(18,19)16-12-7-4-5-10(12)9-15/h2-3,6,8,10,12,16H,4-5,7H2,1H3. The van der Waals surface area contributed by atoms with E-state index < -0.39 is 22.0 Å². The molecule has 1 saturated carbocycles. The Morgan fingerprint density at radius 2 is 2.10 bits per heavy atom. The lowest BCUT2D eigenvalue weighted by Gasteiger charge is -2.17. The van der Waals surface area contributed by atoms with Gasteiger partial charge in [-0.05, 0) is 25.0 Å². The first-order valence-corrected chi connectivity index (χ1v) is 8.07. The van der Waals surface area contributed by atoms with Crippen LogP contribution in [-0.2, 0) is 14.8 Å². The van der Waals surface area contributed by atoms with Crippen molar-refractivity contribution in [1.82, 2.24) is 4.72 Å². The molecule has 0 radical (unpaired) electrons. The number of methoxy groups -OCH3 is 1. The number of rotatable bonds is 4. The molecule has 0 spiro atoms. The Kier molecular flexibility index (Phi) is 4.60. The molecule has 6 nitrogen and oxygen atoms in total. The third-order valence-corrected chi connectivity index (χ3v) is 5.12. The second kappa shape index (κ2) is 6.24. The number of carbonyl (C=O) groups excluding carboxylic acids is 1. The average Bonchev–Trinajstić information content (AvgIpc) is 2.92. The van der Waals surface area contributed by atoms with Crippen LogP contribution in [0.1, 0.15) is 29.6 Å². The summed E-state index contributed by atoms with van der Waals surface area (Å²) in [6, 6.07) is 7.57. The van der Waals surface area contributed by atoms with Crippen molar-refractivity contribution in [3.63, 3.8) is 0 Å². The largest absolute Gasteiger partial charge is 0.465 e. The number of hydrogen-bond donors (Lipinski definition) is 1. The molecule has 0 amide bonds. The van der Waals surface area contributed by atoms with E-state index in [1.807, 2.05) is 0 Å². The molecular formula is C14H16N2O4S. The van der Waals surface area contributed by atoms with E-state index in [-0.39, 0.29) is 16.4 Å². The number of hydrogen-bond acceptors (Lipinski definition) is 5. The maximum absolute atomic E-state index is 12.5. The summed E-state index contributed by atoms with van der Waals surface area (Å²) in [6.07, 6.45) is 2.12. The number of nitrogens with one attached hydrogen (secondary N) is 1. The fraction of sp³-hybridized carbons (Fsp3) is 0.429. The highest BCUT2D eigenvalue weighted by atomic mass is 32.2. The number of esters is 1. The van der Waals surface area contributed by atoms with Gasteiger partial charge in [0.1, 0.15) is 0 Å². The van der Waals surface area contributed by atoms with E-state index in [2.05, 4.69) is 15.5 Å². The van der Waals surface area contributed by atoms with Crippen LogP contribution in [0.4, 0.5) is 0 Å². The Balaban J connectivity index is 2.32. The van der Waals surface area contributed by atoms with E-state index in [4.69, 9.17) is 5.26 Å². The Labute approximate surface area is 123 Å². The number of ether oxygens (including phenoxy) is 1. The zero-order valence-corrected chi connectivity index (χ0v) is 12.4. The Morgan fingerprint density at radius 3 is 2.76 bits per heavy atom. The van der Waals surface area contributed by atoms with Gasteiger partial charge in [0.05, 0.1) is 29.6 Å². The second-order valence-corrected chi connectivity index (χ2v) is 6.56. The van der Waals surface area contributed by atoms with Gasteiger partial charge in [-0.15, -0.1) is 0 Å². The fourth-order valence-corrected chi connectivity index (χ4v) is 4.00. The van der Waals surface area contributed by atoms with Crippen LogP contribution in [-0.4, -0.2) is 27.5 Å². The molecule has 112 valence electrons. The predicted octanol–water partition coefficient (Wildman–Crippen LogP) is 1.44. The van der Waals surface area contributed by atoms with Gasteiger partial charge in [-0.1, -0.05) is 18.6 Å². The highest BCUT2D eigenvalue weighted by molar-refractivity contribution is 7.89. The smallest absolute Gasteiger partial charge is 0.339 e. The third-order valence-electron chi connectivity index (χ3n) is 3.57. The minimum Gasteiger partial charge on any atom is -0.465 e. The first-order valence-electron chi connectivity index (χ1n) is 6.59. The van der Waals surface area contributed by atoms with Gasteiger partial charge < -0.3 is 4.74 Å². The fourth-order valence-electron chi connectivity index (χ4n) is 2.50. The van der Waals surface area contributed by atoms with Gasteiger partial charge in [0.25, 0.3) is 0 Å². The molecule has 1 N–H and O–H groups in total. The van der Waals surface area contributed by atoms with Gasteiger partial charge in [-0.3, -0.25) is 0 Å². The minimum absolute atomic E-state index is 0.0148. The zero-order chi connectivity index (χ0) is 15.5. The van der Waals surface area contributed by atoms with Gasteiger partial charge in [0, 0.05) is 6.04 Å². The van der Waals surface area contributed by atoms with Crippen molar-refractivity contribution in [2.75, 3.05) is 7.11 Å². The van der Waals surface area contributed by atoms with Crippen molar-refractivity contribution < 1.29 is 17.9 Å². The van der Waals surface area contributed by atoms with Crippen LogP contribution in [0.3, 0.4) is 0 Å². The van der Waals surface area contributed by atoms with E-state index in [1.165, 1.54) is 25.3 Å². The van der Waals surface area contributed by atoms with Gasteiger partial charge >= 0.3 is 5.97 Å². The van der Waals surface area contributed by atoms with Crippen molar-refractivity contribution in [2.45, 2.75) is 30.2 Å². The summed E-state index contributed by atoms with van der Waals surface area (Å²) in [5.41, 5.74) is -0.0148. The van der Waals surface area contributed by atoms with Crippen molar-refractivity contribution in [3.8, 4) is 6.07 Å². The molecular weight excluding hydrogens is 292 g/mol. The van der Waals surface area contributed by atoms with E-state index in [1.54, 1.807) is 6.07 Å². The Morgan fingerprint density at radius 1 is 1.38 bits per heavy atom. The molecule has 2 rings (SSSR count). The molecule has 0 aliphatic heterocycles. The van der Waals surface area contributed by atoms with Gasteiger partial charge in [0.2, 0.25) is 10.0 Å². The van der Waals surface area contributed by atoms with E-state index >= 15 is 0 Å². The first kappa shape index (κ1) is 15.5. The molecule has 2 atom stereocenters. The molecule has 1 aromatic carbocycles. The number of carbonyl (C=O) groups is 1. The van der Waals surface area contributed by atoms with Crippen LogP contribution in [0.5, 0.6) is 0 Å². The van der Waals surface area contributed by atoms with Crippen molar-refractivity contribution in [1.29, 1.82) is 5.26 Å². The number of benzene rings is 1. The first-order chi connectivity index (χ1) is 9.99. The van der Waals surface area contributed by atoms with E-state index in [0.717, 1.165) is 6.42 Å². The summed E-state index contributed by atoms with van der Waals surface area (Å²) >= 11 is 0. The zero-order valence-electron chi connectivity index (χ0n) is 11.6. The topological polar surface area (TPSA) is 96.3 Å². The van der Waals surface area contributed by atoms with E-state index in [0.29, 0.717) is 12.8 Å². The Bertz CT molecular complexity index is 678. The quantitative estimate of drug-likeness (QED) is 0.849. The van der Waals surface area contributed by atoms with Gasteiger partial charge in [-0.2, -0.15) is 5.26 Å². The average molecular weight is 308 g/mol. The number of sulfonamides is 1. The number of nitrogens with zero attached hydrogens (tertiary/aromatic N) is 1. The minimum atomic E-state index is -3.87. The summed E-state index contributed by atoms with van der Waals surface area (Å²) in [4.78, 5) is 11.5. The van der Waals surface area contributed by atoms with Crippen LogP contribution < -0.4 is 4.72 Å². The third kappa shape index (κ3) is 3.23. The summed E-state index contributed by atoms with van der Waals surface area (Å²) < 4.78 is 32.1. The lowest BCUT2D eigenvalue weighted by molar-refractivity contribution is 0.0596. The lowest BCUT2D eigenvalue weighted by Crippen LogP contribution is -2.37. The normalized spacial score (nSPS) is 21.7. The Hall–Kier alpha value is -1.91. The molecule has 1 fully saturated rings. The van der Waals surface area contributed by atoms with E-state index in [9.17, 15) is 13.2 Å². The predicted molar refractivity (Wildman–Crippen MR) is 74.8 cm³/mol. The summed E-state index contributed by atoms with van der Waals surface area (Å²) in [7, 11) is -2.68. The maximum atomic E-state index is 12.5. The summed E-state index contributed by atoms with van der Waals surface area (Å²) in [6.45, 7) is 0. The van der Waals surface area contributed by atoms with Crippen molar-refractivity contribution in [3.05, 3.63) is 29.8 Å². The molecule has 1 aliphatic rings. The van der Waals surface area contributed by atoms with Crippen LogP contribution >= 0.6 is 0 Å². The number of nitriles is 1. The highest BCUT2D eigenvalue weighted by Gasteiger charge is 2.32. The molecule has 0 saturated heterocycles. The molecule has 1 aliphatic carbocycles. The van der Waals surface area contributed by atoms with Gasteiger partial charge in [0.15, 0.2) is 0 Å². The van der Waals surface area contributed by atoms with Crippen molar-refractivity contribution in [2.24, 2.45) is 5.92 Å². The van der Waals surface area contributed by atoms with Crippen LogP contribution in [0, 0.1) is 17.2 Å². The molecule has 0 aromatic heterocycles. The van der Waals surface area contributed by atoms with Crippen LogP contribution in [0.15, 0.2) is 29.2 Å². The molecule has 0 heterocycles. The monoisotopic (exact) mass is 308 g/mol. The molecule has 7 heteroatoms. The molecule has 21 heavy (non-hydrogen) atoms. The SMILES string of the molecule is COC(=O)c1ccccc1S(=O)(=O)NC1CCCC1C#N.